The van der Waals surface area contributed by atoms with Gasteiger partial charge in [-0.1, -0.05) is 45.0 Å². The lowest BCUT2D eigenvalue weighted by Crippen LogP contribution is -2.36. The molecule has 0 bridgehead atoms. The van der Waals surface area contributed by atoms with Crippen LogP contribution in [0, 0.1) is 11.2 Å². The van der Waals surface area contributed by atoms with E-state index in [1.807, 2.05) is 51.1 Å². The first-order chi connectivity index (χ1) is 22.9. The van der Waals surface area contributed by atoms with Gasteiger partial charge < -0.3 is 30.3 Å². The fourth-order valence-electron chi connectivity index (χ4n) is 6.19. The van der Waals surface area contributed by atoms with E-state index < -0.39 is 17.8 Å². The van der Waals surface area contributed by atoms with Crippen LogP contribution >= 0.6 is 0 Å². The number of halogens is 1. The number of carboxylic acid groups (broad SMARTS) is 1. The first-order valence-corrected chi connectivity index (χ1v) is 16.8. The third-order valence-electron chi connectivity index (χ3n) is 8.60. The van der Waals surface area contributed by atoms with E-state index in [4.69, 9.17) is 9.72 Å². The number of urea groups is 1. The van der Waals surface area contributed by atoms with Crippen molar-refractivity contribution in [3.63, 3.8) is 0 Å². The third-order valence-corrected chi connectivity index (χ3v) is 8.60. The largest absolute Gasteiger partial charge is 0.490 e. The Morgan fingerprint density at radius 2 is 1.88 bits per heavy atom. The fourth-order valence-corrected chi connectivity index (χ4v) is 6.19. The van der Waals surface area contributed by atoms with Gasteiger partial charge in [0.25, 0.3) is 0 Å². The second-order valence-corrected chi connectivity index (χ2v) is 13.8. The summed E-state index contributed by atoms with van der Waals surface area (Å²) in [5.41, 5.74) is 4.20. The third kappa shape index (κ3) is 9.45. The molecule has 1 aromatic heterocycles. The smallest absolute Gasteiger partial charge is 0.320 e. The van der Waals surface area contributed by atoms with E-state index in [1.54, 1.807) is 11.0 Å². The summed E-state index contributed by atoms with van der Waals surface area (Å²) >= 11 is 0. The summed E-state index contributed by atoms with van der Waals surface area (Å²) < 4.78 is 20.9. The molecule has 10 nitrogen and oxygen atoms in total. The van der Waals surface area contributed by atoms with Crippen LogP contribution < -0.4 is 15.4 Å². The number of aromatic nitrogens is 1. The quantitative estimate of drug-likeness (QED) is 0.181. The molecule has 0 spiro atoms. The van der Waals surface area contributed by atoms with E-state index in [0.29, 0.717) is 43.7 Å². The number of nitrogens with zero attached hydrogens (tertiary/aromatic N) is 3. The van der Waals surface area contributed by atoms with Crippen LogP contribution in [0.15, 0.2) is 54.6 Å². The molecule has 3 aromatic rings. The van der Waals surface area contributed by atoms with Gasteiger partial charge in [0, 0.05) is 50.4 Å². The van der Waals surface area contributed by atoms with Gasteiger partial charge in [-0.15, -0.1) is 0 Å². The number of fused-ring (bicyclic) bond motifs is 1. The molecule has 2 aliphatic rings. The van der Waals surface area contributed by atoms with Crippen LogP contribution in [0.2, 0.25) is 0 Å². The molecular formula is C37H46FN5O5. The summed E-state index contributed by atoms with van der Waals surface area (Å²) in [5, 5.41) is 15.9. The van der Waals surface area contributed by atoms with Gasteiger partial charge in [-0.25, -0.2) is 14.2 Å². The monoisotopic (exact) mass is 659 g/mol. The Hall–Kier alpha value is -4.67. The van der Waals surface area contributed by atoms with Crippen molar-refractivity contribution in [2.45, 2.75) is 71.8 Å². The predicted octanol–water partition coefficient (Wildman–Crippen LogP) is 6.46. The number of aliphatic carboxylic acids is 1. The van der Waals surface area contributed by atoms with Gasteiger partial charge in [0.2, 0.25) is 5.91 Å². The van der Waals surface area contributed by atoms with Gasteiger partial charge in [0.1, 0.15) is 5.82 Å². The minimum atomic E-state index is -1.07. The molecular weight excluding hydrogens is 613 g/mol. The number of benzene rings is 2. The molecule has 0 saturated carbocycles. The number of aryl methyl sites for hydroxylation is 2. The molecule has 256 valence electrons. The molecule has 5 rings (SSSR count). The fraction of sp³-hybridized carbons (Fsp3) is 0.459. The van der Waals surface area contributed by atoms with Crippen LogP contribution in [-0.2, 0) is 28.9 Å². The molecule has 1 saturated heterocycles. The number of pyridine rings is 1. The van der Waals surface area contributed by atoms with Gasteiger partial charge in [-0.05, 0) is 78.1 Å². The van der Waals surface area contributed by atoms with Crippen molar-refractivity contribution in [3.05, 3.63) is 82.8 Å². The number of anilines is 2. The van der Waals surface area contributed by atoms with Crippen LogP contribution in [0.4, 0.5) is 20.7 Å². The SMILES string of the molecule is CC(C)(C)CC(=O)Nc1ccc(CCOc2ccc([C@H](CC(=O)O)N3CCN(CCCc4ccc5c(n4)NCCC5)C3=O)cc2F)cc1. The summed E-state index contributed by atoms with van der Waals surface area (Å²) in [6.07, 6.45) is 4.20. The number of ether oxygens (including phenoxy) is 1. The Morgan fingerprint density at radius 3 is 2.60 bits per heavy atom. The van der Waals surface area contributed by atoms with Crippen LogP contribution in [0.25, 0.3) is 0 Å². The number of hydrogen-bond acceptors (Lipinski definition) is 6. The maximum atomic E-state index is 15.2. The normalized spacial score (nSPS) is 15.1. The molecule has 1 atom stereocenters. The van der Waals surface area contributed by atoms with Crippen LogP contribution in [-0.4, -0.2) is 70.6 Å². The number of carbonyl (C=O) groups excluding carboxylic acids is 2. The zero-order valence-electron chi connectivity index (χ0n) is 28.1. The number of nitrogens with one attached hydrogen (secondary N) is 2. The number of carbonyl (C=O) groups is 3. The van der Waals surface area contributed by atoms with Crippen molar-refractivity contribution in [1.29, 1.82) is 0 Å². The average molecular weight is 660 g/mol. The summed E-state index contributed by atoms with van der Waals surface area (Å²) in [6.45, 7) is 8.54. The highest BCUT2D eigenvalue weighted by Crippen LogP contribution is 2.31. The van der Waals surface area contributed by atoms with E-state index >= 15 is 4.39 Å². The molecule has 0 radical (unpaired) electrons. The zero-order chi connectivity index (χ0) is 34.3. The standard InChI is InChI=1S/C37H46FN5O5/c1-37(2,3)24-33(44)40-29-12-8-25(9-13-29)16-21-48-32-15-11-27(22-30(32)38)31(23-34(45)46)43-20-19-42(36(43)47)18-5-7-28-14-10-26-6-4-17-39-35(26)41-28/h8-15,22,31H,4-7,16-21,23-24H2,1-3H3,(H,39,41)(H,40,44)(H,45,46)/t31-/m0/s1. The zero-order valence-corrected chi connectivity index (χ0v) is 28.1. The summed E-state index contributed by atoms with van der Waals surface area (Å²) in [5.74, 6) is -0.720. The predicted molar refractivity (Wildman–Crippen MR) is 183 cm³/mol. The highest BCUT2D eigenvalue weighted by molar-refractivity contribution is 5.91. The Labute approximate surface area is 281 Å². The Morgan fingerprint density at radius 1 is 1.08 bits per heavy atom. The summed E-state index contributed by atoms with van der Waals surface area (Å²) in [6, 6.07) is 15.0. The van der Waals surface area contributed by atoms with Crippen molar-refractivity contribution in [2.75, 3.05) is 43.4 Å². The lowest BCUT2D eigenvalue weighted by molar-refractivity contribution is -0.138. The molecule has 48 heavy (non-hydrogen) atoms. The number of amides is 3. The van der Waals surface area contributed by atoms with Crippen molar-refractivity contribution in [2.24, 2.45) is 5.41 Å². The molecule has 2 aromatic carbocycles. The summed E-state index contributed by atoms with van der Waals surface area (Å²) in [7, 11) is 0. The van der Waals surface area contributed by atoms with Gasteiger partial charge in [-0.3, -0.25) is 9.59 Å². The second kappa shape index (κ2) is 15.5. The Kier molecular flexibility index (Phi) is 11.2. The van der Waals surface area contributed by atoms with Crippen molar-refractivity contribution >= 4 is 29.4 Å². The minimum Gasteiger partial charge on any atom is -0.490 e. The highest BCUT2D eigenvalue weighted by Gasteiger charge is 2.35. The van der Waals surface area contributed by atoms with Crippen LogP contribution in [0.3, 0.4) is 0 Å². The molecule has 1 fully saturated rings. The van der Waals surface area contributed by atoms with Crippen molar-refractivity contribution in [3.8, 4) is 5.75 Å². The number of carboxylic acids is 1. The average Bonchev–Trinajstić information content (AvgIpc) is 3.39. The highest BCUT2D eigenvalue weighted by atomic mass is 19.1. The second-order valence-electron chi connectivity index (χ2n) is 13.8. The first-order valence-electron chi connectivity index (χ1n) is 16.8. The lowest BCUT2D eigenvalue weighted by Gasteiger charge is -2.27. The van der Waals surface area contributed by atoms with E-state index in [0.717, 1.165) is 49.3 Å². The van der Waals surface area contributed by atoms with Gasteiger partial charge >= 0.3 is 12.0 Å². The maximum Gasteiger partial charge on any atom is 0.320 e. The van der Waals surface area contributed by atoms with Crippen molar-refractivity contribution in [1.82, 2.24) is 14.8 Å². The molecule has 3 N–H and O–H groups in total. The van der Waals surface area contributed by atoms with Crippen molar-refractivity contribution < 1.29 is 28.6 Å². The van der Waals surface area contributed by atoms with E-state index in [2.05, 4.69) is 16.7 Å². The molecule has 2 aliphatic heterocycles. The molecule has 3 amide bonds. The number of rotatable bonds is 14. The first kappa shape index (κ1) is 34.7. The summed E-state index contributed by atoms with van der Waals surface area (Å²) in [4.78, 5) is 45.4. The van der Waals surface area contributed by atoms with Gasteiger partial charge in [0.05, 0.1) is 19.1 Å². The van der Waals surface area contributed by atoms with Gasteiger partial charge in [-0.2, -0.15) is 0 Å². The molecule has 0 unspecified atom stereocenters. The van der Waals surface area contributed by atoms with E-state index in [9.17, 15) is 19.5 Å². The Bertz CT molecular complexity index is 1610. The topological polar surface area (TPSA) is 124 Å². The van der Waals surface area contributed by atoms with Crippen LogP contribution in [0.1, 0.15) is 74.9 Å². The van der Waals surface area contributed by atoms with E-state index in [-0.39, 0.29) is 36.1 Å². The minimum absolute atomic E-state index is 0.0401. The van der Waals surface area contributed by atoms with E-state index in [1.165, 1.54) is 22.6 Å². The maximum absolute atomic E-state index is 15.2. The molecule has 11 heteroatoms. The Balaban J connectivity index is 1.13. The lowest BCUT2D eigenvalue weighted by atomic mass is 9.92. The number of hydrogen-bond donors (Lipinski definition) is 3. The van der Waals surface area contributed by atoms with Gasteiger partial charge in [0.15, 0.2) is 11.6 Å². The molecule has 0 aliphatic carbocycles. The van der Waals surface area contributed by atoms with Crippen LogP contribution in [0.5, 0.6) is 5.75 Å². The molecule has 3 heterocycles.